The van der Waals surface area contributed by atoms with E-state index in [0.29, 0.717) is 13.1 Å². The first-order valence-electron chi connectivity index (χ1n) is 8.88. The van der Waals surface area contributed by atoms with E-state index in [-0.39, 0.29) is 11.8 Å². The molecule has 3 aromatic heterocycles. The quantitative estimate of drug-likeness (QED) is 0.711. The molecule has 1 unspecified atom stereocenters. The van der Waals surface area contributed by atoms with Gasteiger partial charge in [0.2, 0.25) is 0 Å². The number of aryl methyl sites for hydroxylation is 1. The SMILES string of the molecule is Cn1cccc1C(=O)N1CCCC(c2nnc(Cn3ccnc3)n2C)C1. The molecule has 26 heavy (non-hydrogen) atoms. The van der Waals surface area contributed by atoms with Gasteiger partial charge in [0.05, 0.1) is 12.9 Å². The van der Waals surface area contributed by atoms with E-state index >= 15 is 0 Å². The number of aromatic nitrogens is 6. The monoisotopic (exact) mass is 353 g/mol. The number of carbonyl (C=O) groups excluding carboxylic acids is 1. The van der Waals surface area contributed by atoms with Gasteiger partial charge < -0.3 is 18.6 Å². The van der Waals surface area contributed by atoms with Gasteiger partial charge in [-0.1, -0.05) is 0 Å². The van der Waals surface area contributed by atoms with E-state index in [9.17, 15) is 4.79 Å². The highest BCUT2D eigenvalue weighted by Gasteiger charge is 2.29. The Morgan fingerprint density at radius 2 is 2.15 bits per heavy atom. The number of imidazole rings is 1. The van der Waals surface area contributed by atoms with Crippen LogP contribution in [-0.4, -0.2) is 52.8 Å². The van der Waals surface area contributed by atoms with Crippen LogP contribution in [0.3, 0.4) is 0 Å². The number of likely N-dealkylation sites (tertiary alicyclic amines) is 1. The summed E-state index contributed by atoms with van der Waals surface area (Å²) in [6, 6.07) is 3.78. The highest BCUT2D eigenvalue weighted by Crippen LogP contribution is 2.27. The molecule has 8 nitrogen and oxygen atoms in total. The summed E-state index contributed by atoms with van der Waals surface area (Å²) in [4.78, 5) is 18.8. The second kappa shape index (κ2) is 6.78. The minimum Gasteiger partial charge on any atom is -0.347 e. The summed E-state index contributed by atoms with van der Waals surface area (Å²) in [6.07, 6.45) is 9.34. The normalized spacial score (nSPS) is 17.6. The first-order chi connectivity index (χ1) is 12.6. The number of amides is 1. The predicted molar refractivity (Wildman–Crippen MR) is 95.6 cm³/mol. The summed E-state index contributed by atoms with van der Waals surface area (Å²) >= 11 is 0. The maximum absolute atomic E-state index is 12.8. The molecule has 1 atom stereocenters. The molecule has 0 spiro atoms. The van der Waals surface area contributed by atoms with E-state index in [2.05, 4.69) is 19.7 Å². The molecule has 8 heteroatoms. The fraction of sp³-hybridized carbons (Fsp3) is 0.444. The fourth-order valence-electron chi connectivity index (χ4n) is 3.63. The molecule has 1 amide bonds. The maximum atomic E-state index is 12.8. The summed E-state index contributed by atoms with van der Waals surface area (Å²) in [5.41, 5.74) is 0.726. The number of hydrogen-bond acceptors (Lipinski definition) is 4. The van der Waals surface area contributed by atoms with Crippen molar-refractivity contribution in [1.82, 2.24) is 33.8 Å². The summed E-state index contributed by atoms with van der Waals surface area (Å²) in [5.74, 6) is 2.14. The Morgan fingerprint density at radius 3 is 2.88 bits per heavy atom. The third kappa shape index (κ3) is 3.02. The lowest BCUT2D eigenvalue weighted by Gasteiger charge is -2.32. The van der Waals surface area contributed by atoms with Gasteiger partial charge in [-0.2, -0.15) is 0 Å². The highest BCUT2D eigenvalue weighted by atomic mass is 16.2. The zero-order valence-electron chi connectivity index (χ0n) is 15.1. The van der Waals surface area contributed by atoms with E-state index in [1.807, 2.05) is 52.7 Å². The molecule has 0 bridgehead atoms. The van der Waals surface area contributed by atoms with Gasteiger partial charge in [0.1, 0.15) is 11.5 Å². The Hall–Kier alpha value is -2.90. The molecule has 1 saturated heterocycles. The van der Waals surface area contributed by atoms with Crippen molar-refractivity contribution in [3.63, 3.8) is 0 Å². The second-order valence-corrected chi connectivity index (χ2v) is 6.86. The Kier molecular flexibility index (Phi) is 4.32. The molecule has 1 fully saturated rings. The van der Waals surface area contributed by atoms with Crippen LogP contribution >= 0.6 is 0 Å². The summed E-state index contributed by atoms with van der Waals surface area (Å²) in [6.45, 7) is 2.11. The number of piperidine rings is 1. The zero-order valence-corrected chi connectivity index (χ0v) is 15.1. The van der Waals surface area contributed by atoms with Gasteiger partial charge in [-0.15, -0.1) is 10.2 Å². The van der Waals surface area contributed by atoms with Gasteiger partial charge in [-0.3, -0.25) is 4.79 Å². The van der Waals surface area contributed by atoms with Crippen molar-refractivity contribution in [3.8, 4) is 0 Å². The number of hydrogen-bond donors (Lipinski definition) is 0. The van der Waals surface area contributed by atoms with Crippen molar-refractivity contribution in [3.05, 3.63) is 54.4 Å². The summed E-state index contributed by atoms with van der Waals surface area (Å²) in [5, 5.41) is 8.79. The highest BCUT2D eigenvalue weighted by molar-refractivity contribution is 5.92. The van der Waals surface area contributed by atoms with E-state index in [4.69, 9.17) is 0 Å². The van der Waals surface area contributed by atoms with Gasteiger partial charge in [0.25, 0.3) is 5.91 Å². The topological polar surface area (TPSA) is 73.8 Å². The Balaban J connectivity index is 1.50. The molecule has 1 aliphatic rings. The Bertz CT molecular complexity index is 893. The maximum Gasteiger partial charge on any atom is 0.270 e. The fourth-order valence-corrected chi connectivity index (χ4v) is 3.63. The van der Waals surface area contributed by atoms with E-state index in [1.165, 1.54) is 0 Å². The van der Waals surface area contributed by atoms with E-state index < -0.39 is 0 Å². The molecular formula is C18H23N7O. The molecule has 4 heterocycles. The lowest BCUT2D eigenvalue weighted by atomic mass is 9.97. The molecule has 136 valence electrons. The lowest BCUT2D eigenvalue weighted by molar-refractivity contribution is 0.0693. The van der Waals surface area contributed by atoms with Crippen LogP contribution in [0.25, 0.3) is 0 Å². The van der Waals surface area contributed by atoms with Crippen LogP contribution in [0.4, 0.5) is 0 Å². The average molecular weight is 353 g/mol. The third-order valence-electron chi connectivity index (χ3n) is 5.12. The first-order valence-corrected chi connectivity index (χ1v) is 8.88. The van der Waals surface area contributed by atoms with Crippen molar-refractivity contribution < 1.29 is 4.79 Å². The van der Waals surface area contributed by atoms with Crippen LogP contribution in [0, 0.1) is 0 Å². The molecule has 3 aromatic rings. The molecular weight excluding hydrogens is 330 g/mol. The van der Waals surface area contributed by atoms with E-state index in [0.717, 1.165) is 36.7 Å². The minimum absolute atomic E-state index is 0.0861. The van der Waals surface area contributed by atoms with Crippen molar-refractivity contribution in [2.24, 2.45) is 14.1 Å². The van der Waals surface area contributed by atoms with Gasteiger partial charge in [-0.25, -0.2) is 4.98 Å². The van der Waals surface area contributed by atoms with Gasteiger partial charge in [-0.05, 0) is 25.0 Å². The number of carbonyl (C=O) groups is 1. The van der Waals surface area contributed by atoms with Crippen LogP contribution in [0.2, 0.25) is 0 Å². The molecule has 0 saturated carbocycles. The zero-order chi connectivity index (χ0) is 18.1. The number of nitrogens with zero attached hydrogens (tertiary/aromatic N) is 7. The minimum atomic E-state index is 0.0861. The van der Waals surface area contributed by atoms with Crippen LogP contribution in [0.1, 0.15) is 40.9 Å². The van der Waals surface area contributed by atoms with Crippen LogP contribution in [0.5, 0.6) is 0 Å². The van der Waals surface area contributed by atoms with Gasteiger partial charge in [0, 0.05) is 51.7 Å². The molecule has 4 rings (SSSR count). The molecule has 0 aromatic carbocycles. The summed E-state index contributed by atoms with van der Waals surface area (Å²) < 4.78 is 5.90. The van der Waals surface area contributed by atoms with Crippen molar-refractivity contribution in [1.29, 1.82) is 0 Å². The molecule has 0 N–H and O–H groups in total. The second-order valence-electron chi connectivity index (χ2n) is 6.86. The molecule has 0 aliphatic carbocycles. The van der Waals surface area contributed by atoms with Crippen molar-refractivity contribution in [2.75, 3.05) is 13.1 Å². The van der Waals surface area contributed by atoms with Gasteiger partial charge in [0.15, 0.2) is 5.82 Å². The Morgan fingerprint density at radius 1 is 1.27 bits per heavy atom. The molecule has 0 radical (unpaired) electrons. The Labute approximate surface area is 152 Å². The first kappa shape index (κ1) is 16.6. The van der Waals surface area contributed by atoms with Crippen molar-refractivity contribution >= 4 is 5.91 Å². The molecule has 1 aliphatic heterocycles. The predicted octanol–water partition coefficient (Wildman–Crippen LogP) is 1.42. The largest absolute Gasteiger partial charge is 0.347 e. The van der Waals surface area contributed by atoms with Gasteiger partial charge >= 0.3 is 0 Å². The van der Waals surface area contributed by atoms with Crippen LogP contribution < -0.4 is 0 Å². The smallest absolute Gasteiger partial charge is 0.270 e. The average Bonchev–Trinajstić information content (AvgIpc) is 3.38. The van der Waals surface area contributed by atoms with Crippen molar-refractivity contribution in [2.45, 2.75) is 25.3 Å². The van der Waals surface area contributed by atoms with Crippen LogP contribution in [0.15, 0.2) is 37.1 Å². The third-order valence-corrected chi connectivity index (χ3v) is 5.12. The number of rotatable bonds is 4. The summed E-state index contributed by atoms with van der Waals surface area (Å²) in [7, 11) is 3.90. The lowest BCUT2D eigenvalue weighted by Crippen LogP contribution is -2.40. The van der Waals surface area contributed by atoms with E-state index in [1.54, 1.807) is 12.5 Å². The van der Waals surface area contributed by atoms with Crippen LogP contribution in [-0.2, 0) is 20.6 Å². The standard InChI is InChI=1S/C18H23N7O/c1-22-8-4-6-15(22)18(26)25-9-3-5-14(11-25)17-21-20-16(23(17)2)12-24-10-7-19-13-24/h4,6-8,10,13-14H,3,5,9,11-12H2,1-2H3.